The number of hydrogen-bond donors (Lipinski definition) is 1. The molecule has 1 saturated heterocycles. The van der Waals surface area contributed by atoms with Crippen molar-refractivity contribution in [1.29, 1.82) is 0 Å². The molecule has 0 bridgehead atoms. The van der Waals surface area contributed by atoms with Crippen LogP contribution in [0.4, 0.5) is 0 Å². The van der Waals surface area contributed by atoms with E-state index in [0.717, 1.165) is 35.2 Å². The average molecular weight is 342 g/mol. The minimum atomic E-state index is -0.651. The largest absolute Gasteiger partial charge is 0.497 e. The summed E-state index contributed by atoms with van der Waals surface area (Å²) < 4.78 is 10.4. The molecule has 1 aromatic heterocycles. The van der Waals surface area contributed by atoms with Crippen LogP contribution in [0.3, 0.4) is 0 Å². The molecule has 1 N–H and O–H groups in total. The summed E-state index contributed by atoms with van der Waals surface area (Å²) in [5, 5.41) is 1.16. The standard InChI is InChI=1S/C19H22N2O4/c1-3-25-19(23)13-5-7-16-17-12(8-9-21(16)18(13)22)14-10-11(24-2)4-6-15(14)20-17/h4,6,10,13,16,20H,3,5,7-9H2,1-2H3. The van der Waals surface area contributed by atoms with Crippen molar-refractivity contribution in [2.45, 2.75) is 32.2 Å². The maximum Gasteiger partial charge on any atom is 0.318 e. The lowest BCUT2D eigenvalue weighted by molar-refractivity contribution is -0.160. The third kappa shape index (κ3) is 2.47. The van der Waals surface area contributed by atoms with Crippen molar-refractivity contribution in [1.82, 2.24) is 9.88 Å². The first-order valence-corrected chi connectivity index (χ1v) is 8.79. The molecule has 4 rings (SSSR count). The Morgan fingerprint density at radius 3 is 2.96 bits per heavy atom. The van der Waals surface area contributed by atoms with Gasteiger partial charge in [0.25, 0.3) is 0 Å². The van der Waals surface area contributed by atoms with Crippen LogP contribution >= 0.6 is 0 Å². The topological polar surface area (TPSA) is 71.6 Å². The predicted octanol–water partition coefficient (Wildman–Crippen LogP) is 2.58. The predicted molar refractivity (Wildman–Crippen MR) is 92.4 cm³/mol. The van der Waals surface area contributed by atoms with Gasteiger partial charge in [-0.2, -0.15) is 0 Å². The number of rotatable bonds is 3. The quantitative estimate of drug-likeness (QED) is 0.687. The first-order chi connectivity index (χ1) is 12.1. The highest BCUT2D eigenvalue weighted by molar-refractivity contribution is 5.99. The first kappa shape index (κ1) is 16.0. The van der Waals surface area contributed by atoms with Gasteiger partial charge in [0.15, 0.2) is 0 Å². The van der Waals surface area contributed by atoms with Gasteiger partial charge in [0, 0.05) is 23.1 Å². The molecule has 0 spiro atoms. The van der Waals surface area contributed by atoms with Gasteiger partial charge in [0.2, 0.25) is 5.91 Å². The maximum absolute atomic E-state index is 12.8. The van der Waals surface area contributed by atoms with Crippen molar-refractivity contribution >= 4 is 22.8 Å². The van der Waals surface area contributed by atoms with Gasteiger partial charge in [-0.05, 0) is 49.9 Å². The van der Waals surface area contributed by atoms with E-state index in [1.165, 1.54) is 5.56 Å². The van der Waals surface area contributed by atoms with E-state index in [0.29, 0.717) is 19.6 Å². The van der Waals surface area contributed by atoms with Crippen LogP contribution in [0, 0.1) is 5.92 Å². The summed E-state index contributed by atoms with van der Waals surface area (Å²) in [6.07, 6.45) is 2.09. The smallest absolute Gasteiger partial charge is 0.318 e. The molecule has 2 unspecified atom stereocenters. The van der Waals surface area contributed by atoms with Crippen molar-refractivity contribution in [3.05, 3.63) is 29.5 Å². The van der Waals surface area contributed by atoms with Gasteiger partial charge in [-0.3, -0.25) is 9.59 Å². The van der Waals surface area contributed by atoms with Gasteiger partial charge in [-0.15, -0.1) is 0 Å². The molecule has 1 amide bonds. The molecule has 1 fully saturated rings. The Kier molecular flexibility index (Phi) is 3.90. The molecule has 0 aliphatic carbocycles. The van der Waals surface area contributed by atoms with E-state index >= 15 is 0 Å². The zero-order valence-electron chi connectivity index (χ0n) is 14.5. The number of aromatic amines is 1. The highest BCUT2D eigenvalue weighted by atomic mass is 16.5. The molecule has 1 aromatic carbocycles. The van der Waals surface area contributed by atoms with Gasteiger partial charge in [-0.25, -0.2) is 0 Å². The Labute approximate surface area is 146 Å². The van der Waals surface area contributed by atoms with Crippen molar-refractivity contribution < 1.29 is 19.1 Å². The van der Waals surface area contributed by atoms with E-state index < -0.39 is 11.9 Å². The molecule has 0 radical (unpaired) electrons. The normalized spacial score (nSPS) is 22.5. The molecular formula is C19H22N2O4. The third-order valence-electron chi connectivity index (χ3n) is 5.34. The van der Waals surface area contributed by atoms with Crippen LogP contribution in [-0.4, -0.2) is 42.0 Å². The summed E-state index contributed by atoms with van der Waals surface area (Å²) in [6, 6.07) is 6.01. The number of piperidine rings is 1. The second-order valence-corrected chi connectivity index (χ2v) is 6.61. The lowest BCUT2D eigenvalue weighted by Gasteiger charge is -2.41. The monoisotopic (exact) mass is 342 g/mol. The van der Waals surface area contributed by atoms with E-state index in [-0.39, 0.29) is 11.9 Å². The van der Waals surface area contributed by atoms with Crippen LogP contribution < -0.4 is 4.74 Å². The number of aromatic nitrogens is 1. The van der Waals surface area contributed by atoms with Crippen molar-refractivity contribution in [2.24, 2.45) is 5.92 Å². The van der Waals surface area contributed by atoms with Crippen LogP contribution in [0.5, 0.6) is 5.75 Å². The summed E-state index contributed by atoms with van der Waals surface area (Å²) in [4.78, 5) is 30.2. The Hall–Kier alpha value is -2.50. The second kappa shape index (κ2) is 6.10. The number of amides is 1. The molecule has 25 heavy (non-hydrogen) atoms. The SMILES string of the molecule is CCOC(=O)C1CCC2c3[nH]c4ccc(OC)cc4c3CCN2C1=O. The molecule has 2 aliphatic heterocycles. The number of fused-ring (bicyclic) bond motifs is 5. The number of benzene rings is 1. The van der Waals surface area contributed by atoms with Gasteiger partial charge < -0.3 is 19.4 Å². The molecular weight excluding hydrogens is 320 g/mol. The minimum absolute atomic E-state index is 0.0142. The highest BCUT2D eigenvalue weighted by Gasteiger charge is 2.43. The van der Waals surface area contributed by atoms with Crippen molar-refractivity contribution in [2.75, 3.05) is 20.3 Å². The molecule has 2 atom stereocenters. The molecule has 0 saturated carbocycles. The first-order valence-electron chi connectivity index (χ1n) is 8.79. The average Bonchev–Trinajstić information content (AvgIpc) is 3.00. The molecule has 132 valence electrons. The number of H-pyrrole nitrogens is 1. The number of nitrogens with one attached hydrogen (secondary N) is 1. The number of esters is 1. The molecule has 2 aliphatic rings. The van der Waals surface area contributed by atoms with Gasteiger partial charge in [-0.1, -0.05) is 0 Å². The molecule has 6 nitrogen and oxygen atoms in total. The van der Waals surface area contributed by atoms with E-state index in [4.69, 9.17) is 9.47 Å². The summed E-state index contributed by atoms with van der Waals surface area (Å²) in [5.74, 6) is -0.309. The zero-order valence-corrected chi connectivity index (χ0v) is 14.5. The van der Waals surface area contributed by atoms with Crippen LogP contribution in [0.2, 0.25) is 0 Å². The Bertz CT molecular complexity index is 841. The summed E-state index contributed by atoms with van der Waals surface area (Å²) in [6.45, 7) is 2.70. The molecule has 2 aromatic rings. The summed E-state index contributed by atoms with van der Waals surface area (Å²) >= 11 is 0. The van der Waals surface area contributed by atoms with Crippen molar-refractivity contribution in [3.63, 3.8) is 0 Å². The van der Waals surface area contributed by atoms with E-state index in [1.807, 2.05) is 23.1 Å². The minimum Gasteiger partial charge on any atom is -0.497 e. The third-order valence-corrected chi connectivity index (χ3v) is 5.34. The lowest BCUT2D eigenvalue weighted by atomic mass is 9.85. The Balaban J connectivity index is 1.67. The fourth-order valence-corrected chi connectivity index (χ4v) is 4.15. The van der Waals surface area contributed by atoms with Gasteiger partial charge in [0.1, 0.15) is 11.7 Å². The van der Waals surface area contributed by atoms with E-state index in [9.17, 15) is 9.59 Å². The number of ether oxygens (including phenoxy) is 2. The van der Waals surface area contributed by atoms with Crippen LogP contribution in [0.1, 0.15) is 37.1 Å². The lowest BCUT2D eigenvalue weighted by Crippen LogP contribution is -2.49. The second-order valence-electron chi connectivity index (χ2n) is 6.61. The van der Waals surface area contributed by atoms with E-state index in [1.54, 1.807) is 14.0 Å². The number of carbonyl (C=O) groups is 2. The Morgan fingerprint density at radius 2 is 2.20 bits per heavy atom. The van der Waals surface area contributed by atoms with Crippen LogP contribution in [0.25, 0.3) is 10.9 Å². The molecule has 3 heterocycles. The maximum atomic E-state index is 12.8. The number of nitrogens with zero attached hydrogens (tertiary/aromatic N) is 1. The zero-order chi connectivity index (χ0) is 17.6. The Morgan fingerprint density at radius 1 is 1.36 bits per heavy atom. The van der Waals surface area contributed by atoms with Crippen LogP contribution in [0.15, 0.2) is 18.2 Å². The van der Waals surface area contributed by atoms with Gasteiger partial charge in [0.05, 0.1) is 19.8 Å². The highest BCUT2D eigenvalue weighted by Crippen LogP contribution is 2.42. The summed E-state index contributed by atoms with van der Waals surface area (Å²) in [5.41, 5.74) is 3.43. The fraction of sp³-hybridized carbons (Fsp3) is 0.474. The number of carbonyl (C=O) groups excluding carboxylic acids is 2. The van der Waals surface area contributed by atoms with E-state index in [2.05, 4.69) is 4.98 Å². The fourth-order valence-electron chi connectivity index (χ4n) is 4.15. The van der Waals surface area contributed by atoms with Crippen molar-refractivity contribution in [3.8, 4) is 5.75 Å². The van der Waals surface area contributed by atoms with Crippen LogP contribution in [-0.2, 0) is 20.7 Å². The van der Waals surface area contributed by atoms with Gasteiger partial charge >= 0.3 is 5.97 Å². The molecule has 6 heteroatoms. The number of hydrogen-bond acceptors (Lipinski definition) is 4. The summed E-state index contributed by atoms with van der Waals surface area (Å²) in [7, 11) is 1.66. The number of methoxy groups -OCH3 is 1.